The molecule has 134 valence electrons. The minimum absolute atomic E-state index is 0.224. The van der Waals surface area contributed by atoms with Gasteiger partial charge in [0, 0.05) is 6.54 Å². The number of rotatable bonds is 5. The Balaban J connectivity index is 1.58. The molecule has 1 heterocycles. The van der Waals surface area contributed by atoms with Gasteiger partial charge in [0.1, 0.15) is 5.54 Å². The molecule has 26 heavy (non-hydrogen) atoms. The maximum atomic E-state index is 12.8. The molecule has 0 aromatic heterocycles. The number of thiocarbonyl (C=S) groups is 1. The second-order valence-corrected chi connectivity index (χ2v) is 6.57. The average molecular weight is 368 g/mol. The van der Waals surface area contributed by atoms with Crippen LogP contribution >= 0.6 is 12.2 Å². The Hall–Kier alpha value is -2.93. The molecule has 0 saturated carbocycles. The molecule has 1 fully saturated rings. The number of imide groups is 1. The summed E-state index contributed by atoms with van der Waals surface area (Å²) in [6.07, 6.45) is 0.782. The van der Waals surface area contributed by atoms with Crippen LogP contribution < -0.4 is 16.1 Å². The molecule has 1 aliphatic heterocycles. The van der Waals surface area contributed by atoms with Crippen molar-refractivity contribution >= 4 is 29.3 Å². The summed E-state index contributed by atoms with van der Waals surface area (Å²) >= 11 is 5.21. The predicted octanol–water partition coefficient (Wildman–Crippen LogP) is 2.08. The highest BCUT2D eigenvalue weighted by Gasteiger charge is 2.49. The molecule has 3 amide bonds. The zero-order valence-electron chi connectivity index (χ0n) is 14.4. The van der Waals surface area contributed by atoms with Crippen molar-refractivity contribution in [1.29, 1.82) is 0 Å². The molecule has 1 saturated heterocycles. The van der Waals surface area contributed by atoms with Crippen molar-refractivity contribution in [3.05, 3.63) is 71.8 Å². The number of nitrogens with one attached hydrogen (secondary N) is 3. The SMILES string of the molecule is C[C@]1(c2ccccc2)NC(=O)N(NC(=S)NCCc2ccccc2)C1=O. The first-order chi connectivity index (χ1) is 12.5. The minimum Gasteiger partial charge on any atom is -0.361 e. The van der Waals surface area contributed by atoms with E-state index < -0.39 is 17.5 Å². The van der Waals surface area contributed by atoms with Gasteiger partial charge in [0.05, 0.1) is 0 Å². The standard InChI is InChI=1S/C19H20N4O2S/c1-19(15-10-6-3-7-11-15)16(24)23(18(25)21-19)22-17(26)20-13-12-14-8-4-2-5-9-14/h2-11H,12-13H2,1H3,(H,21,25)(H2,20,22,26)/t19-/m1/s1. The first kappa shape index (κ1) is 17.9. The molecule has 0 spiro atoms. The molecule has 2 aromatic carbocycles. The van der Waals surface area contributed by atoms with E-state index in [-0.39, 0.29) is 5.11 Å². The lowest BCUT2D eigenvalue weighted by molar-refractivity contribution is -0.132. The summed E-state index contributed by atoms with van der Waals surface area (Å²) in [6, 6.07) is 18.6. The number of carbonyl (C=O) groups excluding carboxylic acids is 2. The lowest BCUT2D eigenvalue weighted by atomic mass is 9.92. The second-order valence-electron chi connectivity index (χ2n) is 6.17. The van der Waals surface area contributed by atoms with Crippen LogP contribution in [0, 0.1) is 0 Å². The van der Waals surface area contributed by atoms with Crippen molar-refractivity contribution in [2.45, 2.75) is 18.9 Å². The van der Waals surface area contributed by atoms with Crippen LogP contribution in [0.5, 0.6) is 0 Å². The molecule has 0 unspecified atom stereocenters. The van der Waals surface area contributed by atoms with Gasteiger partial charge in [-0.3, -0.25) is 10.2 Å². The maximum absolute atomic E-state index is 12.8. The van der Waals surface area contributed by atoms with E-state index in [9.17, 15) is 9.59 Å². The summed E-state index contributed by atoms with van der Waals surface area (Å²) in [5, 5.41) is 6.88. The van der Waals surface area contributed by atoms with E-state index in [1.807, 2.05) is 48.5 Å². The van der Waals surface area contributed by atoms with Gasteiger partial charge in [-0.2, -0.15) is 5.01 Å². The lowest BCUT2D eigenvalue weighted by Gasteiger charge is -2.22. The number of hydrogen-bond acceptors (Lipinski definition) is 3. The number of amides is 3. The van der Waals surface area contributed by atoms with Gasteiger partial charge in [0.2, 0.25) is 0 Å². The van der Waals surface area contributed by atoms with Crippen LogP contribution in [-0.4, -0.2) is 28.6 Å². The lowest BCUT2D eigenvalue weighted by Crippen LogP contribution is -2.51. The number of hydrazine groups is 1. The van der Waals surface area contributed by atoms with Crippen LogP contribution in [0.2, 0.25) is 0 Å². The third kappa shape index (κ3) is 3.67. The Morgan fingerprint density at radius 3 is 2.35 bits per heavy atom. The molecule has 1 aliphatic rings. The molecule has 3 N–H and O–H groups in total. The highest BCUT2D eigenvalue weighted by Crippen LogP contribution is 2.27. The molecule has 2 aromatic rings. The zero-order chi connectivity index (χ0) is 18.6. The summed E-state index contributed by atoms with van der Waals surface area (Å²) in [6.45, 7) is 2.27. The van der Waals surface area contributed by atoms with E-state index in [0.29, 0.717) is 12.1 Å². The van der Waals surface area contributed by atoms with Crippen molar-refractivity contribution in [2.24, 2.45) is 0 Å². The number of urea groups is 1. The summed E-state index contributed by atoms with van der Waals surface area (Å²) < 4.78 is 0. The third-order valence-corrected chi connectivity index (χ3v) is 4.53. The molecule has 6 nitrogen and oxygen atoms in total. The number of benzene rings is 2. The van der Waals surface area contributed by atoms with Gasteiger partial charge in [-0.05, 0) is 36.7 Å². The Kier molecular flexibility index (Phi) is 5.18. The fourth-order valence-corrected chi connectivity index (χ4v) is 3.01. The smallest absolute Gasteiger partial charge is 0.344 e. The van der Waals surface area contributed by atoms with Gasteiger partial charge in [-0.15, -0.1) is 0 Å². The van der Waals surface area contributed by atoms with Gasteiger partial charge in [0.25, 0.3) is 5.91 Å². The summed E-state index contributed by atoms with van der Waals surface area (Å²) in [7, 11) is 0. The number of carbonyl (C=O) groups is 2. The predicted molar refractivity (Wildman–Crippen MR) is 103 cm³/mol. The molecule has 3 rings (SSSR count). The average Bonchev–Trinajstić information content (AvgIpc) is 2.87. The third-order valence-electron chi connectivity index (χ3n) is 4.30. The molecule has 0 bridgehead atoms. The van der Waals surface area contributed by atoms with Crippen LogP contribution in [0.25, 0.3) is 0 Å². The fourth-order valence-electron chi connectivity index (χ4n) is 2.81. The monoisotopic (exact) mass is 368 g/mol. The molecule has 0 radical (unpaired) electrons. The highest BCUT2D eigenvalue weighted by molar-refractivity contribution is 7.80. The molecule has 0 aliphatic carbocycles. The summed E-state index contributed by atoms with van der Waals surface area (Å²) in [5.74, 6) is -0.402. The van der Waals surface area contributed by atoms with Crippen molar-refractivity contribution in [3.8, 4) is 0 Å². The Morgan fingerprint density at radius 2 is 1.69 bits per heavy atom. The summed E-state index contributed by atoms with van der Waals surface area (Å²) in [4.78, 5) is 25.0. The topological polar surface area (TPSA) is 73.5 Å². The van der Waals surface area contributed by atoms with Gasteiger partial charge >= 0.3 is 6.03 Å². The van der Waals surface area contributed by atoms with E-state index in [1.54, 1.807) is 19.1 Å². The minimum atomic E-state index is -1.12. The first-order valence-corrected chi connectivity index (χ1v) is 8.72. The molecule has 1 atom stereocenters. The molecule has 7 heteroatoms. The quantitative estimate of drug-likeness (QED) is 0.557. The van der Waals surface area contributed by atoms with Crippen molar-refractivity contribution in [3.63, 3.8) is 0 Å². The number of hydrogen-bond donors (Lipinski definition) is 3. The van der Waals surface area contributed by atoms with Crippen LogP contribution in [0.15, 0.2) is 60.7 Å². The van der Waals surface area contributed by atoms with Gasteiger partial charge < -0.3 is 10.6 Å². The number of nitrogens with zero attached hydrogens (tertiary/aromatic N) is 1. The van der Waals surface area contributed by atoms with Crippen LogP contribution in [-0.2, 0) is 16.8 Å². The van der Waals surface area contributed by atoms with Crippen molar-refractivity contribution in [2.75, 3.05) is 6.54 Å². The van der Waals surface area contributed by atoms with E-state index >= 15 is 0 Å². The Morgan fingerprint density at radius 1 is 1.08 bits per heavy atom. The van der Waals surface area contributed by atoms with Crippen molar-refractivity contribution in [1.82, 2.24) is 21.1 Å². The Bertz CT molecular complexity index is 813. The first-order valence-electron chi connectivity index (χ1n) is 8.31. The fraction of sp³-hybridized carbons (Fsp3) is 0.211. The normalized spacial score (nSPS) is 19.2. The molecular formula is C19H20N4O2S. The molecular weight excluding hydrogens is 348 g/mol. The van der Waals surface area contributed by atoms with Crippen LogP contribution in [0.3, 0.4) is 0 Å². The van der Waals surface area contributed by atoms with Gasteiger partial charge in [-0.25, -0.2) is 4.79 Å². The van der Waals surface area contributed by atoms with Crippen molar-refractivity contribution < 1.29 is 9.59 Å². The zero-order valence-corrected chi connectivity index (χ0v) is 15.2. The van der Waals surface area contributed by atoms with E-state index in [4.69, 9.17) is 12.2 Å². The largest absolute Gasteiger partial charge is 0.361 e. The summed E-state index contributed by atoms with van der Waals surface area (Å²) in [5.41, 5.74) is 3.45. The van der Waals surface area contributed by atoms with Crippen LogP contribution in [0.4, 0.5) is 4.79 Å². The Labute approximate surface area is 157 Å². The van der Waals surface area contributed by atoms with E-state index in [1.165, 1.54) is 5.56 Å². The van der Waals surface area contributed by atoms with Gasteiger partial charge in [-0.1, -0.05) is 60.7 Å². The van der Waals surface area contributed by atoms with Gasteiger partial charge in [0.15, 0.2) is 5.11 Å². The van der Waals surface area contributed by atoms with Crippen LogP contribution in [0.1, 0.15) is 18.1 Å². The van der Waals surface area contributed by atoms with E-state index in [2.05, 4.69) is 16.1 Å². The van der Waals surface area contributed by atoms with E-state index in [0.717, 1.165) is 11.4 Å². The highest BCUT2D eigenvalue weighted by atomic mass is 32.1. The maximum Gasteiger partial charge on any atom is 0.344 e. The second kappa shape index (κ2) is 7.53.